The molecule has 0 bridgehead atoms. The van der Waals surface area contributed by atoms with E-state index in [9.17, 15) is 9.59 Å². The molecule has 7 heteroatoms. The van der Waals surface area contributed by atoms with Crippen LogP contribution in [0.15, 0.2) is 4.79 Å². The van der Waals surface area contributed by atoms with Gasteiger partial charge in [-0.1, -0.05) is 18.3 Å². The molecule has 1 aromatic rings. The van der Waals surface area contributed by atoms with Crippen LogP contribution in [-0.4, -0.2) is 30.1 Å². The minimum absolute atomic E-state index is 0. The van der Waals surface area contributed by atoms with Crippen LogP contribution < -0.4 is 15.5 Å². The van der Waals surface area contributed by atoms with E-state index in [1.807, 2.05) is 13.8 Å². The van der Waals surface area contributed by atoms with Crippen molar-refractivity contribution in [1.29, 1.82) is 0 Å². The number of piperidine rings is 1. The van der Waals surface area contributed by atoms with Crippen molar-refractivity contribution in [3.8, 4) is 0 Å². The fourth-order valence-corrected chi connectivity index (χ4v) is 3.32. The molecule has 1 amide bonds. The Morgan fingerprint density at radius 3 is 2.52 bits per heavy atom. The van der Waals surface area contributed by atoms with Crippen LogP contribution in [0.5, 0.6) is 0 Å². The zero-order valence-electron chi connectivity index (χ0n) is 12.8. The SMILES string of the molecule is Cc1sc(=O)n(CC(=O)NCC2(C)CCNCC2)c1C.Cl. The van der Waals surface area contributed by atoms with Gasteiger partial charge >= 0.3 is 4.87 Å². The van der Waals surface area contributed by atoms with Crippen molar-refractivity contribution in [2.24, 2.45) is 5.41 Å². The van der Waals surface area contributed by atoms with Crippen LogP contribution >= 0.6 is 23.7 Å². The predicted octanol–water partition coefficient (Wildman–Crippen LogP) is 1.45. The van der Waals surface area contributed by atoms with Gasteiger partial charge in [-0.15, -0.1) is 12.4 Å². The van der Waals surface area contributed by atoms with E-state index in [4.69, 9.17) is 0 Å². The van der Waals surface area contributed by atoms with E-state index in [0.29, 0.717) is 6.54 Å². The average molecular weight is 334 g/mol. The largest absolute Gasteiger partial charge is 0.354 e. The maximum absolute atomic E-state index is 12.0. The highest BCUT2D eigenvalue weighted by Crippen LogP contribution is 2.26. The van der Waals surface area contributed by atoms with Gasteiger partial charge in [0.1, 0.15) is 6.54 Å². The lowest BCUT2D eigenvalue weighted by Crippen LogP contribution is -2.44. The van der Waals surface area contributed by atoms with Crippen molar-refractivity contribution in [3.05, 3.63) is 20.2 Å². The summed E-state index contributed by atoms with van der Waals surface area (Å²) in [7, 11) is 0. The zero-order chi connectivity index (χ0) is 14.8. The van der Waals surface area contributed by atoms with Gasteiger partial charge in [-0.3, -0.25) is 14.2 Å². The lowest BCUT2D eigenvalue weighted by atomic mass is 9.81. The predicted molar refractivity (Wildman–Crippen MR) is 88.5 cm³/mol. The minimum atomic E-state index is -0.0762. The molecule has 0 saturated carbocycles. The molecular weight excluding hydrogens is 310 g/mol. The van der Waals surface area contributed by atoms with Gasteiger partial charge in [-0.2, -0.15) is 0 Å². The number of nitrogens with zero attached hydrogens (tertiary/aromatic N) is 1. The number of halogens is 1. The number of amides is 1. The van der Waals surface area contributed by atoms with Crippen molar-refractivity contribution in [2.45, 2.75) is 40.2 Å². The first kappa shape index (κ1) is 18.2. The molecule has 2 rings (SSSR count). The third kappa shape index (κ3) is 4.56. The van der Waals surface area contributed by atoms with Crippen LogP contribution in [0, 0.1) is 19.3 Å². The van der Waals surface area contributed by atoms with E-state index in [1.54, 1.807) is 4.57 Å². The highest BCUT2D eigenvalue weighted by atomic mass is 35.5. The molecule has 2 N–H and O–H groups in total. The van der Waals surface area contributed by atoms with Gasteiger partial charge in [0.25, 0.3) is 0 Å². The number of rotatable bonds is 4. The number of nitrogens with one attached hydrogen (secondary N) is 2. The summed E-state index contributed by atoms with van der Waals surface area (Å²) in [5.74, 6) is -0.0762. The second kappa shape index (κ2) is 7.42. The van der Waals surface area contributed by atoms with Gasteiger partial charge in [0.2, 0.25) is 5.91 Å². The molecule has 0 unspecified atom stereocenters. The molecular formula is C14H24ClN3O2S. The third-order valence-corrected chi connectivity index (χ3v) is 5.20. The van der Waals surface area contributed by atoms with E-state index >= 15 is 0 Å². The van der Waals surface area contributed by atoms with Gasteiger partial charge in [0.15, 0.2) is 0 Å². The van der Waals surface area contributed by atoms with Crippen molar-refractivity contribution < 1.29 is 4.79 Å². The Kier molecular flexibility index (Phi) is 6.43. The molecule has 1 aliphatic rings. The molecule has 1 saturated heterocycles. The number of thiazole rings is 1. The Labute approximate surface area is 135 Å². The van der Waals surface area contributed by atoms with Crippen molar-refractivity contribution in [1.82, 2.24) is 15.2 Å². The summed E-state index contributed by atoms with van der Waals surface area (Å²) in [5, 5.41) is 6.31. The summed E-state index contributed by atoms with van der Waals surface area (Å²) in [5.41, 5.74) is 1.06. The van der Waals surface area contributed by atoms with Gasteiger partial charge in [-0.25, -0.2) is 0 Å². The summed E-state index contributed by atoms with van der Waals surface area (Å²) in [4.78, 5) is 24.7. The molecule has 0 atom stereocenters. The maximum atomic E-state index is 12.0. The molecule has 120 valence electrons. The normalized spacial score (nSPS) is 17.1. The maximum Gasteiger partial charge on any atom is 0.308 e. The smallest absolute Gasteiger partial charge is 0.308 e. The lowest BCUT2D eigenvalue weighted by Gasteiger charge is -2.34. The van der Waals surface area contributed by atoms with Crippen LogP contribution in [0.25, 0.3) is 0 Å². The van der Waals surface area contributed by atoms with Crippen LogP contribution in [0.4, 0.5) is 0 Å². The second-order valence-corrected chi connectivity index (χ2v) is 7.10. The Morgan fingerprint density at radius 1 is 1.38 bits per heavy atom. The first-order valence-corrected chi connectivity index (χ1v) is 7.87. The quantitative estimate of drug-likeness (QED) is 0.876. The molecule has 21 heavy (non-hydrogen) atoms. The van der Waals surface area contributed by atoms with Crippen molar-refractivity contribution >= 4 is 29.7 Å². The Balaban J connectivity index is 0.00000220. The van der Waals surface area contributed by atoms with Crippen molar-refractivity contribution in [2.75, 3.05) is 19.6 Å². The van der Waals surface area contributed by atoms with Gasteiger partial charge in [0.05, 0.1) is 0 Å². The Bertz CT molecular complexity index is 547. The summed E-state index contributed by atoms with van der Waals surface area (Å²) in [6.07, 6.45) is 2.15. The molecule has 0 radical (unpaired) electrons. The van der Waals surface area contributed by atoms with Crippen LogP contribution in [0.1, 0.15) is 30.3 Å². The van der Waals surface area contributed by atoms with Crippen molar-refractivity contribution in [3.63, 3.8) is 0 Å². The van der Waals surface area contributed by atoms with E-state index in [0.717, 1.165) is 36.5 Å². The number of carbonyl (C=O) groups is 1. The Morgan fingerprint density at radius 2 is 2.00 bits per heavy atom. The topological polar surface area (TPSA) is 63.1 Å². The minimum Gasteiger partial charge on any atom is -0.354 e. The average Bonchev–Trinajstić information content (AvgIpc) is 2.64. The second-order valence-electron chi connectivity index (χ2n) is 5.93. The van der Waals surface area contributed by atoms with E-state index in [-0.39, 0.29) is 35.1 Å². The number of aryl methyl sites for hydroxylation is 1. The molecule has 1 aromatic heterocycles. The summed E-state index contributed by atoms with van der Waals surface area (Å²) in [6, 6.07) is 0. The number of carbonyl (C=O) groups excluding carboxylic acids is 1. The highest BCUT2D eigenvalue weighted by molar-refractivity contribution is 7.09. The van der Waals surface area contributed by atoms with E-state index < -0.39 is 0 Å². The highest BCUT2D eigenvalue weighted by Gasteiger charge is 2.27. The Hall–Kier alpha value is -0.850. The van der Waals surface area contributed by atoms with Gasteiger partial charge < -0.3 is 10.6 Å². The molecule has 5 nitrogen and oxygen atoms in total. The lowest BCUT2D eigenvalue weighted by molar-refractivity contribution is -0.122. The van der Waals surface area contributed by atoms with E-state index in [2.05, 4.69) is 17.6 Å². The molecule has 0 aromatic carbocycles. The summed E-state index contributed by atoms with van der Waals surface area (Å²) >= 11 is 1.20. The number of hydrogen-bond donors (Lipinski definition) is 2. The van der Waals surface area contributed by atoms with Crippen LogP contribution in [0.2, 0.25) is 0 Å². The van der Waals surface area contributed by atoms with Crippen LogP contribution in [-0.2, 0) is 11.3 Å². The first-order chi connectivity index (χ1) is 9.41. The van der Waals surface area contributed by atoms with E-state index in [1.165, 1.54) is 11.3 Å². The molecule has 1 aliphatic heterocycles. The molecule has 2 heterocycles. The number of aromatic nitrogens is 1. The summed E-state index contributed by atoms with van der Waals surface area (Å²) < 4.78 is 1.56. The van der Waals surface area contributed by atoms with Gasteiger partial charge in [-0.05, 0) is 45.2 Å². The summed E-state index contributed by atoms with van der Waals surface area (Å²) in [6.45, 7) is 8.83. The number of hydrogen-bond acceptors (Lipinski definition) is 4. The third-order valence-electron chi connectivity index (χ3n) is 4.20. The molecule has 0 spiro atoms. The fraction of sp³-hybridized carbons (Fsp3) is 0.714. The zero-order valence-corrected chi connectivity index (χ0v) is 14.5. The first-order valence-electron chi connectivity index (χ1n) is 7.05. The molecule has 1 fully saturated rings. The van der Waals surface area contributed by atoms with Gasteiger partial charge in [0, 0.05) is 17.1 Å². The van der Waals surface area contributed by atoms with Crippen LogP contribution in [0.3, 0.4) is 0 Å². The molecule has 0 aliphatic carbocycles. The fourth-order valence-electron chi connectivity index (χ4n) is 2.49. The standard InChI is InChI=1S/C14H23N3O2S.ClH/c1-10-11(2)20-13(19)17(10)8-12(18)16-9-14(3)4-6-15-7-5-14;/h15H,4-9H2,1-3H3,(H,16,18);1H. The monoisotopic (exact) mass is 333 g/mol.